The van der Waals surface area contributed by atoms with Gasteiger partial charge >= 0.3 is 0 Å². The minimum Gasteiger partial charge on any atom is -0.497 e. The lowest BCUT2D eigenvalue weighted by Gasteiger charge is -2.35. The molecule has 33 heavy (non-hydrogen) atoms. The lowest BCUT2D eigenvalue weighted by molar-refractivity contribution is 0.0914. The van der Waals surface area contributed by atoms with E-state index in [2.05, 4.69) is 24.5 Å². The quantitative estimate of drug-likeness (QED) is 0.384. The van der Waals surface area contributed by atoms with Crippen molar-refractivity contribution in [2.75, 3.05) is 25.7 Å². The zero-order chi connectivity index (χ0) is 24.0. The van der Waals surface area contributed by atoms with Gasteiger partial charge in [-0.3, -0.25) is 9.59 Å². The molecule has 0 saturated heterocycles. The van der Waals surface area contributed by atoms with Gasteiger partial charge in [0, 0.05) is 34.0 Å². The van der Waals surface area contributed by atoms with Crippen molar-refractivity contribution in [1.29, 1.82) is 0 Å². The zero-order valence-corrected chi connectivity index (χ0v) is 20.4. The standard InChI is InChI=1S/C26H32N2O4S/c1-26(2)15-19-9-10-21(32-3)13-22(19)23(28-26)14-24(30)17-5-7-18(8-6-17)25(31)27-20(16-29)11-12-33-4/h5-10,13-14,20,28-29H,11-12,15-16H2,1-4H3,(H,27,31)/t20-/m0/s1. The molecule has 0 fully saturated rings. The first-order valence-electron chi connectivity index (χ1n) is 11.0. The van der Waals surface area contributed by atoms with Crippen LogP contribution in [0.15, 0.2) is 48.5 Å². The van der Waals surface area contributed by atoms with Crippen LogP contribution in [0.3, 0.4) is 0 Å². The van der Waals surface area contributed by atoms with Crippen LogP contribution in [0.1, 0.15) is 52.1 Å². The van der Waals surface area contributed by atoms with Gasteiger partial charge in [-0.1, -0.05) is 18.2 Å². The number of carbonyl (C=O) groups is 2. The highest BCUT2D eigenvalue weighted by molar-refractivity contribution is 7.98. The third kappa shape index (κ3) is 6.39. The molecule has 1 heterocycles. The number of thioether (sulfide) groups is 1. The van der Waals surface area contributed by atoms with E-state index in [4.69, 9.17) is 4.74 Å². The Labute approximate surface area is 199 Å². The van der Waals surface area contributed by atoms with Gasteiger partial charge in [-0.25, -0.2) is 0 Å². The normalized spacial score (nSPS) is 16.5. The summed E-state index contributed by atoms with van der Waals surface area (Å²) in [6, 6.07) is 12.2. The fourth-order valence-corrected chi connectivity index (χ4v) is 4.41. The average molecular weight is 469 g/mol. The summed E-state index contributed by atoms with van der Waals surface area (Å²) < 4.78 is 5.37. The maximum Gasteiger partial charge on any atom is 0.251 e. The fraction of sp³-hybridized carbons (Fsp3) is 0.385. The van der Waals surface area contributed by atoms with E-state index < -0.39 is 0 Å². The summed E-state index contributed by atoms with van der Waals surface area (Å²) in [5.41, 5.74) is 3.63. The van der Waals surface area contributed by atoms with Gasteiger partial charge in [-0.2, -0.15) is 11.8 Å². The molecule has 1 aliphatic heterocycles. The summed E-state index contributed by atoms with van der Waals surface area (Å²) in [4.78, 5) is 25.5. The lowest BCUT2D eigenvalue weighted by atomic mass is 9.85. The molecule has 0 spiro atoms. The van der Waals surface area contributed by atoms with Gasteiger partial charge < -0.3 is 20.5 Å². The minimum absolute atomic E-state index is 0.105. The molecule has 2 aromatic carbocycles. The van der Waals surface area contributed by atoms with Crippen molar-refractivity contribution in [1.82, 2.24) is 10.6 Å². The van der Waals surface area contributed by atoms with Gasteiger partial charge in [0.15, 0.2) is 5.78 Å². The molecule has 1 atom stereocenters. The smallest absolute Gasteiger partial charge is 0.251 e. The van der Waals surface area contributed by atoms with Crippen LogP contribution in [0.25, 0.3) is 5.70 Å². The van der Waals surface area contributed by atoms with E-state index in [1.807, 2.05) is 24.5 Å². The summed E-state index contributed by atoms with van der Waals surface area (Å²) in [7, 11) is 1.62. The second-order valence-electron chi connectivity index (χ2n) is 8.84. The maximum absolute atomic E-state index is 13.0. The molecule has 3 N–H and O–H groups in total. The van der Waals surface area contributed by atoms with Crippen molar-refractivity contribution in [3.05, 3.63) is 70.8 Å². The fourth-order valence-electron chi connectivity index (χ4n) is 3.89. The van der Waals surface area contributed by atoms with Crippen LogP contribution in [-0.2, 0) is 6.42 Å². The number of benzene rings is 2. The molecule has 7 heteroatoms. The summed E-state index contributed by atoms with van der Waals surface area (Å²) in [5.74, 6) is 1.18. The molecule has 0 saturated carbocycles. The second kappa shape index (κ2) is 10.9. The van der Waals surface area contributed by atoms with Crippen LogP contribution in [0.5, 0.6) is 5.75 Å². The number of rotatable bonds is 9. The van der Waals surface area contributed by atoms with Crippen molar-refractivity contribution in [3.8, 4) is 5.75 Å². The van der Waals surface area contributed by atoms with Gasteiger partial charge in [0.25, 0.3) is 5.91 Å². The van der Waals surface area contributed by atoms with E-state index in [0.717, 1.165) is 34.7 Å². The van der Waals surface area contributed by atoms with Crippen molar-refractivity contribution in [2.45, 2.75) is 38.3 Å². The number of amides is 1. The summed E-state index contributed by atoms with van der Waals surface area (Å²) in [6.45, 7) is 4.10. The number of hydrogen-bond donors (Lipinski definition) is 3. The van der Waals surface area contributed by atoms with Crippen molar-refractivity contribution in [3.63, 3.8) is 0 Å². The van der Waals surface area contributed by atoms with E-state index >= 15 is 0 Å². The topological polar surface area (TPSA) is 87.7 Å². The Balaban J connectivity index is 1.78. The Morgan fingerprint density at radius 2 is 1.91 bits per heavy atom. The van der Waals surface area contributed by atoms with Gasteiger partial charge in [0.05, 0.1) is 19.8 Å². The molecule has 2 aromatic rings. The van der Waals surface area contributed by atoms with Gasteiger partial charge in [0.1, 0.15) is 5.75 Å². The average Bonchev–Trinajstić information content (AvgIpc) is 2.80. The number of methoxy groups -OCH3 is 1. The highest BCUT2D eigenvalue weighted by atomic mass is 32.2. The number of nitrogens with one attached hydrogen (secondary N) is 2. The zero-order valence-electron chi connectivity index (χ0n) is 19.6. The molecule has 3 rings (SSSR count). The van der Waals surface area contributed by atoms with Crippen LogP contribution >= 0.6 is 11.8 Å². The number of carbonyl (C=O) groups excluding carboxylic acids is 2. The van der Waals surface area contributed by atoms with Crippen LogP contribution < -0.4 is 15.4 Å². The van der Waals surface area contributed by atoms with Crippen LogP contribution in [0, 0.1) is 0 Å². The van der Waals surface area contributed by atoms with Crippen LogP contribution in [0.2, 0.25) is 0 Å². The molecule has 1 amide bonds. The molecular weight excluding hydrogens is 436 g/mol. The highest BCUT2D eigenvalue weighted by Crippen LogP contribution is 2.32. The van der Waals surface area contributed by atoms with Crippen molar-refractivity contribution in [2.24, 2.45) is 0 Å². The first kappa shape index (κ1) is 24.9. The third-order valence-electron chi connectivity index (χ3n) is 5.65. The molecular formula is C26H32N2O4S. The summed E-state index contributed by atoms with van der Waals surface area (Å²) in [6.07, 6.45) is 5.13. The number of ketones is 1. The van der Waals surface area contributed by atoms with Crippen molar-refractivity contribution < 1.29 is 19.4 Å². The minimum atomic E-state index is -0.284. The second-order valence-corrected chi connectivity index (χ2v) is 9.83. The highest BCUT2D eigenvalue weighted by Gasteiger charge is 2.28. The number of allylic oxidation sites excluding steroid dienone is 1. The summed E-state index contributed by atoms with van der Waals surface area (Å²) in [5, 5.41) is 15.8. The Morgan fingerprint density at radius 1 is 1.21 bits per heavy atom. The number of aliphatic hydroxyl groups excluding tert-OH is 1. The van der Waals surface area contributed by atoms with Crippen molar-refractivity contribution >= 4 is 29.1 Å². The number of ether oxygens (including phenoxy) is 1. The lowest BCUT2D eigenvalue weighted by Crippen LogP contribution is -2.43. The Kier molecular flexibility index (Phi) is 8.21. The SMILES string of the molecule is COc1ccc2c(c1)C(=CC(=O)c1ccc(C(=O)N[C@H](CO)CCSC)cc1)NC(C)(C)C2. The van der Waals surface area contributed by atoms with E-state index in [0.29, 0.717) is 17.5 Å². The molecule has 0 aromatic heterocycles. The summed E-state index contributed by atoms with van der Waals surface area (Å²) >= 11 is 1.67. The first-order chi connectivity index (χ1) is 15.8. The Bertz CT molecular complexity index is 1030. The molecule has 6 nitrogen and oxygen atoms in total. The molecule has 0 unspecified atom stereocenters. The van der Waals surface area contributed by atoms with Crippen LogP contribution in [-0.4, -0.2) is 54.1 Å². The number of aliphatic hydroxyl groups is 1. The van der Waals surface area contributed by atoms with Gasteiger partial charge in [-0.15, -0.1) is 0 Å². The van der Waals surface area contributed by atoms with Gasteiger partial charge in [0.2, 0.25) is 0 Å². The largest absolute Gasteiger partial charge is 0.497 e. The predicted octanol–water partition coefficient (Wildman–Crippen LogP) is 3.69. The first-order valence-corrected chi connectivity index (χ1v) is 12.4. The Hall–Kier alpha value is -2.77. The maximum atomic E-state index is 13.0. The van der Waals surface area contributed by atoms with Gasteiger partial charge in [-0.05, 0) is 68.5 Å². The third-order valence-corrected chi connectivity index (χ3v) is 6.29. The molecule has 1 aliphatic rings. The van der Waals surface area contributed by atoms with E-state index in [-0.39, 0.29) is 29.9 Å². The monoisotopic (exact) mass is 468 g/mol. The number of fused-ring (bicyclic) bond motifs is 1. The Morgan fingerprint density at radius 3 is 2.55 bits per heavy atom. The van der Waals surface area contributed by atoms with E-state index in [1.165, 1.54) is 0 Å². The van der Waals surface area contributed by atoms with E-state index in [1.54, 1.807) is 49.2 Å². The van der Waals surface area contributed by atoms with Crippen LogP contribution in [0.4, 0.5) is 0 Å². The molecule has 0 radical (unpaired) electrons. The predicted molar refractivity (Wildman–Crippen MR) is 134 cm³/mol. The number of hydrogen-bond acceptors (Lipinski definition) is 6. The van der Waals surface area contributed by atoms with E-state index in [9.17, 15) is 14.7 Å². The molecule has 0 aliphatic carbocycles. The molecule has 176 valence electrons. The molecule has 0 bridgehead atoms.